The fourth-order valence-corrected chi connectivity index (χ4v) is 3.76. The monoisotopic (exact) mass is 309 g/mol. The third-order valence-electron chi connectivity index (χ3n) is 2.73. The number of nitrogens with two attached hydrogens (primary N) is 1. The average Bonchev–Trinajstić information content (AvgIpc) is 3.08. The Morgan fingerprint density at radius 1 is 1.40 bits per heavy atom. The third kappa shape index (κ3) is 2.76. The van der Waals surface area contributed by atoms with Gasteiger partial charge in [0.1, 0.15) is 0 Å². The van der Waals surface area contributed by atoms with Gasteiger partial charge in [-0.05, 0) is 31.4 Å². The van der Waals surface area contributed by atoms with Gasteiger partial charge in [0.05, 0.1) is 23.6 Å². The molecule has 1 atom stereocenters. The highest BCUT2D eigenvalue weighted by Crippen LogP contribution is 2.35. The second-order valence-electron chi connectivity index (χ2n) is 4.71. The first-order valence-corrected chi connectivity index (χ1v) is 8.01. The summed E-state index contributed by atoms with van der Waals surface area (Å²) in [6, 6.07) is 3.79. The van der Waals surface area contributed by atoms with E-state index in [0.29, 0.717) is 18.3 Å². The molecule has 0 fully saturated rings. The van der Waals surface area contributed by atoms with E-state index in [2.05, 4.69) is 27.7 Å². The van der Waals surface area contributed by atoms with Crippen molar-refractivity contribution in [2.45, 2.75) is 26.0 Å². The van der Waals surface area contributed by atoms with Gasteiger partial charge in [-0.25, -0.2) is 0 Å². The van der Waals surface area contributed by atoms with Crippen LogP contribution in [0.5, 0.6) is 0 Å². The van der Waals surface area contributed by atoms with E-state index >= 15 is 0 Å². The molecular formula is C13H15N3O2S2. The zero-order valence-corrected chi connectivity index (χ0v) is 12.8. The molecule has 0 aliphatic heterocycles. The van der Waals surface area contributed by atoms with Gasteiger partial charge in [0.25, 0.3) is 5.89 Å². The highest BCUT2D eigenvalue weighted by molar-refractivity contribution is 7.28. The molecule has 0 aliphatic rings. The molecule has 0 bridgehead atoms. The molecule has 0 amide bonds. The predicted molar refractivity (Wildman–Crippen MR) is 81.0 cm³/mol. The Morgan fingerprint density at radius 3 is 3.00 bits per heavy atom. The van der Waals surface area contributed by atoms with Crippen molar-refractivity contribution in [1.29, 1.82) is 0 Å². The fraction of sp³-hybridized carbons (Fsp3) is 0.385. The average molecular weight is 309 g/mol. The molecule has 7 heteroatoms. The van der Waals surface area contributed by atoms with E-state index in [9.17, 15) is 0 Å². The molecule has 3 aromatic heterocycles. The fourth-order valence-electron chi connectivity index (χ4n) is 1.73. The van der Waals surface area contributed by atoms with Crippen LogP contribution < -0.4 is 5.73 Å². The number of nitrogens with zero attached hydrogens (tertiary/aromatic N) is 2. The van der Waals surface area contributed by atoms with Gasteiger partial charge in [-0.2, -0.15) is 4.98 Å². The number of thiophene rings is 2. The standard InChI is InChI=1S/C13H15N3O2S2/c1-7(2)17-6-8(14)12-15-13(18-16-12)11-5-10-9(20-11)3-4-19-10/h3-5,7-8H,6,14H2,1-2H3. The van der Waals surface area contributed by atoms with Gasteiger partial charge in [-0.3, -0.25) is 0 Å². The molecule has 106 valence electrons. The van der Waals surface area contributed by atoms with Crippen LogP contribution in [0.4, 0.5) is 0 Å². The van der Waals surface area contributed by atoms with Crippen LogP contribution in [-0.2, 0) is 4.74 Å². The van der Waals surface area contributed by atoms with Crippen LogP contribution in [0.25, 0.3) is 20.2 Å². The quantitative estimate of drug-likeness (QED) is 0.781. The lowest BCUT2D eigenvalue weighted by molar-refractivity contribution is 0.0665. The van der Waals surface area contributed by atoms with Crippen molar-refractivity contribution in [2.75, 3.05) is 6.61 Å². The van der Waals surface area contributed by atoms with Crippen LogP contribution in [0.2, 0.25) is 0 Å². The Balaban J connectivity index is 1.77. The van der Waals surface area contributed by atoms with Crippen LogP contribution in [0, 0.1) is 0 Å². The van der Waals surface area contributed by atoms with Crippen molar-refractivity contribution in [1.82, 2.24) is 10.1 Å². The number of ether oxygens (including phenoxy) is 1. The highest BCUT2D eigenvalue weighted by atomic mass is 32.1. The summed E-state index contributed by atoms with van der Waals surface area (Å²) in [7, 11) is 0. The van der Waals surface area contributed by atoms with E-state index < -0.39 is 0 Å². The Morgan fingerprint density at radius 2 is 2.25 bits per heavy atom. The van der Waals surface area contributed by atoms with Gasteiger partial charge in [-0.1, -0.05) is 5.16 Å². The van der Waals surface area contributed by atoms with Crippen molar-refractivity contribution >= 4 is 32.1 Å². The molecule has 20 heavy (non-hydrogen) atoms. The largest absolute Gasteiger partial charge is 0.377 e. The highest BCUT2D eigenvalue weighted by Gasteiger charge is 2.17. The van der Waals surface area contributed by atoms with Gasteiger partial charge in [0, 0.05) is 9.40 Å². The number of aromatic nitrogens is 2. The summed E-state index contributed by atoms with van der Waals surface area (Å²) in [5.41, 5.74) is 5.99. The summed E-state index contributed by atoms with van der Waals surface area (Å²) in [5.74, 6) is 1.01. The zero-order valence-electron chi connectivity index (χ0n) is 11.2. The first-order valence-electron chi connectivity index (χ1n) is 6.31. The maximum absolute atomic E-state index is 5.99. The van der Waals surface area contributed by atoms with Gasteiger partial charge in [0.2, 0.25) is 0 Å². The zero-order chi connectivity index (χ0) is 14.1. The maximum atomic E-state index is 5.99. The number of fused-ring (bicyclic) bond motifs is 1. The molecule has 0 aliphatic carbocycles. The molecule has 0 aromatic carbocycles. The predicted octanol–water partition coefficient (Wildman–Crippen LogP) is 3.44. The van der Waals surface area contributed by atoms with Gasteiger partial charge in [-0.15, -0.1) is 22.7 Å². The maximum Gasteiger partial charge on any atom is 0.268 e. The SMILES string of the molecule is CC(C)OCC(N)c1noc(-c2cc3sccc3s2)n1. The summed E-state index contributed by atoms with van der Waals surface area (Å²) in [6.45, 7) is 4.32. The van der Waals surface area contributed by atoms with E-state index in [4.69, 9.17) is 15.0 Å². The summed E-state index contributed by atoms with van der Waals surface area (Å²) >= 11 is 3.35. The Labute approximate surface area is 124 Å². The molecular weight excluding hydrogens is 294 g/mol. The molecule has 0 spiro atoms. The van der Waals surface area contributed by atoms with E-state index in [1.165, 1.54) is 9.40 Å². The normalized spacial score (nSPS) is 13.4. The van der Waals surface area contributed by atoms with E-state index in [1.54, 1.807) is 22.7 Å². The lowest BCUT2D eigenvalue weighted by Gasteiger charge is -2.10. The van der Waals surface area contributed by atoms with Gasteiger partial charge < -0.3 is 15.0 Å². The Kier molecular flexibility index (Phi) is 3.84. The molecule has 3 rings (SSSR count). The minimum Gasteiger partial charge on any atom is -0.377 e. The number of rotatable bonds is 5. The van der Waals surface area contributed by atoms with Crippen molar-refractivity contribution in [3.63, 3.8) is 0 Å². The molecule has 0 saturated heterocycles. The van der Waals surface area contributed by atoms with Crippen LogP contribution >= 0.6 is 22.7 Å². The molecule has 1 unspecified atom stereocenters. The smallest absolute Gasteiger partial charge is 0.268 e. The van der Waals surface area contributed by atoms with Crippen molar-refractivity contribution < 1.29 is 9.26 Å². The lowest BCUT2D eigenvalue weighted by atomic mass is 10.3. The minimum absolute atomic E-state index is 0.136. The summed E-state index contributed by atoms with van der Waals surface area (Å²) < 4.78 is 13.2. The molecule has 3 heterocycles. The van der Waals surface area contributed by atoms with E-state index in [0.717, 1.165) is 4.88 Å². The van der Waals surface area contributed by atoms with Crippen LogP contribution in [0.1, 0.15) is 25.7 Å². The molecule has 0 radical (unpaired) electrons. The van der Waals surface area contributed by atoms with Crippen LogP contribution in [0.15, 0.2) is 22.0 Å². The van der Waals surface area contributed by atoms with Crippen LogP contribution in [-0.4, -0.2) is 22.9 Å². The summed E-state index contributed by atoms with van der Waals surface area (Å²) in [6.07, 6.45) is 0.136. The third-order valence-corrected chi connectivity index (χ3v) is 4.81. The number of hydrogen-bond donors (Lipinski definition) is 1. The Bertz CT molecular complexity index is 673. The van der Waals surface area contributed by atoms with E-state index in [1.807, 2.05) is 13.8 Å². The summed E-state index contributed by atoms with van der Waals surface area (Å²) in [4.78, 5) is 5.34. The topological polar surface area (TPSA) is 74.2 Å². The number of hydrogen-bond acceptors (Lipinski definition) is 7. The summed E-state index contributed by atoms with van der Waals surface area (Å²) in [5, 5.41) is 6.02. The van der Waals surface area contributed by atoms with Crippen molar-refractivity contribution in [3.8, 4) is 10.8 Å². The Hall–Kier alpha value is -1.28. The first-order chi connectivity index (χ1) is 9.63. The van der Waals surface area contributed by atoms with Crippen molar-refractivity contribution in [3.05, 3.63) is 23.3 Å². The first kappa shape index (κ1) is 13.7. The second kappa shape index (κ2) is 5.61. The van der Waals surface area contributed by atoms with Crippen molar-refractivity contribution in [2.24, 2.45) is 5.73 Å². The van der Waals surface area contributed by atoms with Crippen LogP contribution in [0.3, 0.4) is 0 Å². The molecule has 0 saturated carbocycles. The molecule has 5 nitrogen and oxygen atoms in total. The minimum atomic E-state index is -0.365. The molecule has 2 N–H and O–H groups in total. The van der Waals surface area contributed by atoms with Gasteiger partial charge >= 0.3 is 0 Å². The molecule has 3 aromatic rings. The van der Waals surface area contributed by atoms with Gasteiger partial charge in [0.15, 0.2) is 5.82 Å². The second-order valence-corrected chi connectivity index (χ2v) is 6.74. The lowest BCUT2D eigenvalue weighted by Crippen LogP contribution is -2.20. The van der Waals surface area contributed by atoms with E-state index in [-0.39, 0.29) is 12.1 Å².